The lowest BCUT2D eigenvalue weighted by molar-refractivity contribution is 1.16. The Morgan fingerprint density at radius 1 is 0.300 bits per heavy atom. The zero-order chi connectivity index (χ0) is 53.1. The van der Waals surface area contributed by atoms with E-state index in [1.807, 2.05) is 72.8 Å². The molecule has 70 heavy (non-hydrogen) atoms. The van der Waals surface area contributed by atoms with Crippen molar-refractivity contribution in [1.29, 1.82) is 0 Å². The van der Waals surface area contributed by atoms with E-state index in [4.69, 9.17) is 5.48 Å². The molecule has 0 unspecified atom stereocenters. The molecule has 0 saturated heterocycles. The number of rotatable bonds is 7. The Labute approximate surface area is 419 Å². The molecule has 0 atom stereocenters. The highest BCUT2D eigenvalue weighted by molar-refractivity contribution is 7.00. The number of hydrogen-bond acceptors (Lipinski definition) is 2. The molecule has 0 aliphatic carbocycles. The Morgan fingerprint density at radius 2 is 0.700 bits per heavy atom. The molecule has 0 fully saturated rings. The maximum Gasteiger partial charge on any atom is 0.252 e. The number of fused-ring (bicyclic) bond motifs is 7. The van der Waals surface area contributed by atoms with E-state index < -0.39 is 24.2 Å². The number of para-hydroxylation sites is 2. The summed E-state index contributed by atoms with van der Waals surface area (Å²) in [5.74, 6) is 0. The third kappa shape index (κ3) is 6.45. The van der Waals surface area contributed by atoms with E-state index in [0.29, 0.717) is 5.69 Å². The van der Waals surface area contributed by atoms with E-state index in [2.05, 4.69) is 155 Å². The van der Waals surface area contributed by atoms with E-state index >= 15 is 0 Å². The lowest BCUT2D eigenvalue weighted by Crippen LogP contribution is -2.61. The minimum Gasteiger partial charge on any atom is -0.311 e. The van der Waals surface area contributed by atoms with E-state index in [0.717, 1.165) is 95.0 Å². The molecule has 0 amide bonds. The maximum atomic E-state index is 9.60. The lowest BCUT2D eigenvalue weighted by Gasteiger charge is -2.44. The van der Waals surface area contributed by atoms with Crippen LogP contribution in [0.15, 0.2) is 267 Å². The van der Waals surface area contributed by atoms with E-state index in [9.17, 15) is 5.48 Å². The zero-order valence-electron chi connectivity index (χ0n) is 45.7. The first kappa shape index (κ1) is 32.6. The SMILES string of the molecule is [2H]c1c([2H])c([2H])c2c(c1[2H])c1c([2H])c([2H])c([2H])c([2H])c1n2-c1cc2c3c(c1)N(c1ccc(-c4ccccc4)cc1)c1cc(-c4ccccc4)ccc1B3c1cc(-c3ccccc3)ccc1N2c1ccc(-c2ccccc2)cc1. The first-order chi connectivity index (χ1) is 38.0. The summed E-state index contributed by atoms with van der Waals surface area (Å²) in [6.45, 7) is -0.338. The molecule has 0 bridgehead atoms. The van der Waals surface area contributed by atoms with Crippen LogP contribution in [-0.2, 0) is 0 Å². The molecule has 0 radical (unpaired) electrons. The molecule has 0 saturated carbocycles. The van der Waals surface area contributed by atoms with Crippen LogP contribution < -0.4 is 26.2 Å². The van der Waals surface area contributed by atoms with Crippen LogP contribution in [-0.4, -0.2) is 11.3 Å². The van der Waals surface area contributed by atoms with Crippen LogP contribution in [0.5, 0.6) is 0 Å². The topological polar surface area (TPSA) is 11.4 Å². The Balaban J connectivity index is 1.14. The molecular formula is C66H44BN3. The molecule has 3 heterocycles. The van der Waals surface area contributed by atoms with Crippen LogP contribution in [0.4, 0.5) is 34.1 Å². The van der Waals surface area contributed by atoms with Crippen molar-refractivity contribution in [3.8, 4) is 50.2 Å². The molecule has 0 spiro atoms. The van der Waals surface area contributed by atoms with Gasteiger partial charge in [-0.25, -0.2) is 0 Å². The second-order valence-corrected chi connectivity index (χ2v) is 17.9. The number of benzene rings is 11. The van der Waals surface area contributed by atoms with Gasteiger partial charge in [0.1, 0.15) is 0 Å². The summed E-state index contributed by atoms with van der Waals surface area (Å²) in [4.78, 5) is 4.56. The quantitative estimate of drug-likeness (QED) is 0.148. The molecule has 326 valence electrons. The van der Waals surface area contributed by atoms with Crippen LogP contribution in [0.3, 0.4) is 0 Å². The average molecular weight is 898 g/mol. The van der Waals surface area contributed by atoms with Gasteiger partial charge in [0.05, 0.1) is 27.7 Å². The van der Waals surface area contributed by atoms with Crippen molar-refractivity contribution in [2.24, 2.45) is 0 Å². The standard InChI is InChI=1S/C66H44BN3/c1-5-17-45(18-6-1)49-29-35-53(36-30-49)68-62-40-34-51(47-21-9-3-10-22-47)41-59(62)67-58-39-33-52(48-23-11-4-12-24-48)42-63(58)69(54-37-31-50(32-38-54)46-19-7-2-8-20-46)65-44-55(43-64(68)66(65)67)70-60-27-15-13-25-56(60)57-26-14-16-28-61(57)70/h1-44H/i13D,14D,15D,16D,25D,26D,27D,28D. The molecule has 14 rings (SSSR count). The van der Waals surface area contributed by atoms with Gasteiger partial charge in [-0.1, -0.05) is 206 Å². The van der Waals surface area contributed by atoms with Gasteiger partial charge in [-0.2, -0.15) is 0 Å². The second kappa shape index (κ2) is 16.3. The molecule has 4 heteroatoms. The highest BCUT2D eigenvalue weighted by atomic mass is 15.2. The third-order valence-corrected chi connectivity index (χ3v) is 14.0. The Kier molecular flexibility index (Phi) is 7.58. The minimum atomic E-state index is -0.491. The first-order valence-electron chi connectivity index (χ1n) is 27.5. The second-order valence-electron chi connectivity index (χ2n) is 17.9. The fourth-order valence-corrected chi connectivity index (χ4v) is 10.8. The van der Waals surface area contributed by atoms with E-state index in [1.165, 1.54) is 0 Å². The Bertz CT molecular complexity index is 4330. The fourth-order valence-electron chi connectivity index (χ4n) is 10.8. The number of aromatic nitrogens is 1. The van der Waals surface area contributed by atoms with Gasteiger partial charge in [0, 0.05) is 44.9 Å². The van der Waals surface area contributed by atoms with Crippen LogP contribution in [0.25, 0.3) is 72.0 Å². The number of anilines is 6. The molecule has 2 aliphatic rings. The Morgan fingerprint density at radius 3 is 1.20 bits per heavy atom. The van der Waals surface area contributed by atoms with Crippen molar-refractivity contribution in [3.05, 3.63) is 267 Å². The van der Waals surface area contributed by atoms with Crippen LogP contribution in [0, 0.1) is 0 Å². The highest BCUT2D eigenvalue weighted by Crippen LogP contribution is 2.48. The number of nitrogens with zero attached hydrogens (tertiary/aromatic N) is 3. The minimum absolute atomic E-state index is 0.0191. The molecule has 3 nitrogen and oxygen atoms in total. The predicted molar refractivity (Wildman–Crippen MR) is 297 cm³/mol. The van der Waals surface area contributed by atoms with Gasteiger partial charge in [-0.15, -0.1) is 0 Å². The summed E-state index contributed by atoms with van der Waals surface area (Å²) in [6.07, 6.45) is 0. The normalized spacial score (nSPS) is 14.1. The van der Waals surface area contributed by atoms with Crippen molar-refractivity contribution in [3.63, 3.8) is 0 Å². The summed E-state index contributed by atoms with van der Waals surface area (Å²) in [6, 6.07) is 72.4. The van der Waals surface area contributed by atoms with Crippen LogP contribution in [0.2, 0.25) is 0 Å². The lowest BCUT2D eigenvalue weighted by atomic mass is 9.33. The Hall–Kier alpha value is -9.12. The van der Waals surface area contributed by atoms with Crippen LogP contribution in [0.1, 0.15) is 11.0 Å². The molecule has 12 aromatic rings. The third-order valence-electron chi connectivity index (χ3n) is 14.0. The summed E-state index contributed by atoms with van der Waals surface area (Å²) in [5, 5.41) is 0.0381. The molecule has 1 aromatic heterocycles. The van der Waals surface area contributed by atoms with E-state index in [1.54, 1.807) is 4.57 Å². The molecular weight excluding hydrogens is 846 g/mol. The molecule has 0 N–H and O–H groups in total. The van der Waals surface area contributed by atoms with Gasteiger partial charge in [0.15, 0.2) is 0 Å². The van der Waals surface area contributed by atoms with E-state index in [-0.39, 0.29) is 52.7 Å². The smallest absolute Gasteiger partial charge is 0.252 e. The highest BCUT2D eigenvalue weighted by Gasteiger charge is 2.44. The maximum absolute atomic E-state index is 9.60. The van der Waals surface area contributed by atoms with Gasteiger partial charge in [-0.3, -0.25) is 0 Å². The van der Waals surface area contributed by atoms with Gasteiger partial charge in [-0.05, 0) is 122 Å². The molecule has 2 aliphatic heterocycles. The van der Waals surface area contributed by atoms with Gasteiger partial charge >= 0.3 is 0 Å². The molecule has 11 aromatic carbocycles. The van der Waals surface area contributed by atoms with Crippen LogP contribution >= 0.6 is 0 Å². The average Bonchev–Trinajstić information content (AvgIpc) is 3.19. The van der Waals surface area contributed by atoms with Crippen molar-refractivity contribution in [2.45, 2.75) is 0 Å². The monoisotopic (exact) mass is 897 g/mol. The van der Waals surface area contributed by atoms with Crippen molar-refractivity contribution in [1.82, 2.24) is 4.57 Å². The first-order valence-corrected chi connectivity index (χ1v) is 23.5. The van der Waals surface area contributed by atoms with Crippen molar-refractivity contribution < 1.29 is 11.0 Å². The fraction of sp³-hybridized carbons (Fsp3) is 0. The number of hydrogen-bond donors (Lipinski definition) is 0. The predicted octanol–water partition coefficient (Wildman–Crippen LogP) is 15.5. The van der Waals surface area contributed by atoms with Gasteiger partial charge < -0.3 is 14.4 Å². The van der Waals surface area contributed by atoms with Crippen molar-refractivity contribution >= 4 is 79.0 Å². The summed E-state index contributed by atoms with van der Waals surface area (Å²) < 4.78 is 75.3. The van der Waals surface area contributed by atoms with Gasteiger partial charge in [0.2, 0.25) is 0 Å². The van der Waals surface area contributed by atoms with Gasteiger partial charge in [0.25, 0.3) is 6.71 Å². The summed E-state index contributed by atoms with van der Waals surface area (Å²) in [7, 11) is 0. The largest absolute Gasteiger partial charge is 0.311 e. The zero-order valence-corrected chi connectivity index (χ0v) is 37.7. The van der Waals surface area contributed by atoms with Crippen molar-refractivity contribution in [2.75, 3.05) is 9.80 Å². The summed E-state index contributed by atoms with van der Waals surface area (Å²) >= 11 is 0. The summed E-state index contributed by atoms with van der Waals surface area (Å²) in [5.41, 5.74) is 17.3.